The van der Waals surface area contributed by atoms with Crippen molar-refractivity contribution in [2.45, 2.75) is 65.3 Å². The average molecular weight is 610 g/mol. The molecule has 1 aromatic carbocycles. The second-order valence-corrected chi connectivity index (χ2v) is 13.4. The molecule has 0 fully saturated rings. The topological polar surface area (TPSA) is 89.4 Å². The van der Waals surface area contributed by atoms with E-state index < -0.39 is 5.60 Å². The molecule has 1 aliphatic carbocycles. The maximum atomic E-state index is 13.1. The van der Waals surface area contributed by atoms with Crippen LogP contribution in [-0.4, -0.2) is 110 Å². The van der Waals surface area contributed by atoms with Crippen molar-refractivity contribution < 1.29 is 23.8 Å². The van der Waals surface area contributed by atoms with Crippen molar-refractivity contribution in [1.29, 1.82) is 0 Å². The normalized spacial score (nSPS) is 16.9. The summed E-state index contributed by atoms with van der Waals surface area (Å²) in [6, 6.07) is 9.52. The molecule has 0 unspecified atom stereocenters. The molecule has 4 rings (SSSR count). The summed E-state index contributed by atoms with van der Waals surface area (Å²) < 4.78 is 18.9. The van der Waals surface area contributed by atoms with Gasteiger partial charge >= 0.3 is 6.09 Å². The number of ether oxygens (including phenoxy) is 3. The van der Waals surface area contributed by atoms with Gasteiger partial charge in [-0.1, -0.05) is 36.4 Å². The van der Waals surface area contributed by atoms with Crippen LogP contribution in [-0.2, 0) is 33.8 Å². The van der Waals surface area contributed by atoms with Gasteiger partial charge in [-0.15, -0.1) is 0 Å². The van der Waals surface area contributed by atoms with Crippen LogP contribution in [0.3, 0.4) is 0 Å². The van der Waals surface area contributed by atoms with Crippen LogP contribution < -0.4 is 0 Å². The van der Waals surface area contributed by atoms with Crippen LogP contribution in [0.15, 0.2) is 36.4 Å². The lowest BCUT2D eigenvalue weighted by molar-refractivity contribution is 0.00512. The van der Waals surface area contributed by atoms with Gasteiger partial charge in [-0.3, -0.25) is 19.3 Å². The number of likely N-dealkylation sites (N-methyl/N-ethyl adjacent to an activating group) is 2. The standard InChI is InChI=1S/C34H51N5O5/c1-33(2,3)44-32(41)37(5)18-17-36(4)21-28-31(27-13-15-34(16-14-27,24-42-6)25-43-7)29-22-38(19-20-39(29)35-28)23-30(40)26-11-9-8-10-12-26/h8-13H,14-25H2,1-7H3. The van der Waals surface area contributed by atoms with Crippen LogP contribution in [0, 0.1) is 5.41 Å². The lowest BCUT2D eigenvalue weighted by Crippen LogP contribution is -2.38. The molecule has 0 bridgehead atoms. The number of hydrogen-bond donors (Lipinski definition) is 0. The Bertz CT molecular complexity index is 1290. The number of methoxy groups -OCH3 is 2. The predicted molar refractivity (Wildman–Crippen MR) is 171 cm³/mol. The molecule has 2 aliphatic rings. The van der Waals surface area contributed by atoms with Crippen LogP contribution in [0.1, 0.15) is 67.3 Å². The van der Waals surface area contributed by atoms with Gasteiger partial charge in [-0.25, -0.2) is 4.79 Å². The zero-order valence-electron chi connectivity index (χ0n) is 27.7. The number of aromatic nitrogens is 2. The van der Waals surface area contributed by atoms with Crippen LogP contribution in [0.5, 0.6) is 0 Å². The molecule has 0 radical (unpaired) electrons. The number of hydrogen-bond acceptors (Lipinski definition) is 8. The van der Waals surface area contributed by atoms with Gasteiger partial charge in [0.25, 0.3) is 0 Å². The number of nitrogens with zero attached hydrogens (tertiary/aromatic N) is 5. The highest BCUT2D eigenvalue weighted by Crippen LogP contribution is 2.41. The van der Waals surface area contributed by atoms with Gasteiger partial charge in [0.2, 0.25) is 0 Å². The molecule has 10 heteroatoms. The lowest BCUT2D eigenvalue weighted by atomic mass is 9.74. The van der Waals surface area contributed by atoms with Crippen molar-refractivity contribution in [2.24, 2.45) is 5.41 Å². The Morgan fingerprint density at radius 3 is 2.34 bits per heavy atom. The third-order valence-electron chi connectivity index (χ3n) is 8.46. The van der Waals surface area contributed by atoms with E-state index in [4.69, 9.17) is 19.3 Å². The number of carbonyl (C=O) groups excluding carboxylic acids is 2. The van der Waals surface area contributed by atoms with Gasteiger partial charge in [0.1, 0.15) is 5.60 Å². The Labute approximate surface area is 262 Å². The van der Waals surface area contributed by atoms with Crippen LogP contribution >= 0.6 is 0 Å². The number of allylic oxidation sites excluding steroid dienone is 2. The van der Waals surface area contributed by atoms with Crippen LogP contribution in [0.4, 0.5) is 4.79 Å². The van der Waals surface area contributed by atoms with E-state index in [1.54, 1.807) is 26.2 Å². The molecule has 0 atom stereocenters. The van der Waals surface area contributed by atoms with E-state index in [2.05, 4.69) is 27.6 Å². The summed E-state index contributed by atoms with van der Waals surface area (Å²) in [5.41, 5.74) is 4.90. The van der Waals surface area contributed by atoms with Crippen molar-refractivity contribution in [3.8, 4) is 0 Å². The van der Waals surface area contributed by atoms with Crippen LogP contribution in [0.25, 0.3) is 5.57 Å². The Hall–Kier alpha value is -3.05. The van der Waals surface area contributed by atoms with Crippen molar-refractivity contribution in [2.75, 3.05) is 67.7 Å². The maximum absolute atomic E-state index is 13.1. The van der Waals surface area contributed by atoms with E-state index in [9.17, 15) is 9.59 Å². The minimum atomic E-state index is -0.529. The quantitative estimate of drug-likeness (QED) is 0.302. The zero-order valence-corrected chi connectivity index (χ0v) is 27.7. The first-order valence-electron chi connectivity index (χ1n) is 15.6. The number of amides is 1. The molecule has 242 valence electrons. The molecule has 1 aromatic heterocycles. The summed E-state index contributed by atoms with van der Waals surface area (Å²) in [6.07, 6.45) is 4.79. The third kappa shape index (κ3) is 8.78. The van der Waals surface area contributed by atoms with E-state index >= 15 is 0 Å². The number of benzene rings is 1. The predicted octanol–water partition coefficient (Wildman–Crippen LogP) is 4.73. The highest BCUT2D eigenvalue weighted by molar-refractivity contribution is 5.97. The van der Waals surface area contributed by atoms with Crippen molar-refractivity contribution in [1.82, 2.24) is 24.5 Å². The van der Waals surface area contributed by atoms with Crippen LogP contribution in [0.2, 0.25) is 0 Å². The fourth-order valence-corrected chi connectivity index (χ4v) is 6.13. The summed E-state index contributed by atoms with van der Waals surface area (Å²) in [5, 5.41) is 5.13. The monoisotopic (exact) mass is 609 g/mol. The second kappa shape index (κ2) is 14.8. The Kier molecular flexibility index (Phi) is 11.4. The fourth-order valence-electron chi connectivity index (χ4n) is 6.13. The van der Waals surface area contributed by atoms with Crippen molar-refractivity contribution >= 4 is 17.4 Å². The smallest absolute Gasteiger partial charge is 0.410 e. The Balaban J connectivity index is 1.54. The molecular weight excluding hydrogens is 558 g/mol. The molecule has 44 heavy (non-hydrogen) atoms. The third-order valence-corrected chi connectivity index (χ3v) is 8.46. The number of rotatable bonds is 13. The highest BCUT2D eigenvalue weighted by atomic mass is 16.6. The van der Waals surface area contributed by atoms with Crippen molar-refractivity contribution in [3.05, 3.63) is 58.9 Å². The Morgan fingerprint density at radius 1 is 1.02 bits per heavy atom. The molecular formula is C34H51N5O5. The van der Waals surface area contributed by atoms with Gasteiger partial charge in [-0.05, 0) is 52.7 Å². The largest absolute Gasteiger partial charge is 0.444 e. The summed E-state index contributed by atoms with van der Waals surface area (Å²) in [5.74, 6) is 0.134. The minimum absolute atomic E-state index is 0.0302. The number of fused-ring (bicyclic) bond motifs is 1. The van der Waals surface area contributed by atoms with Gasteiger partial charge in [-0.2, -0.15) is 5.10 Å². The SMILES string of the molecule is COCC1(COC)CC=C(c2c(CN(C)CCN(C)C(=O)OC(C)(C)C)nn3c2CN(CC(=O)c2ccccc2)CC3)CC1. The van der Waals surface area contributed by atoms with E-state index in [-0.39, 0.29) is 17.3 Å². The van der Waals surface area contributed by atoms with E-state index in [0.29, 0.717) is 45.9 Å². The number of Topliss-reactive ketones (excluding diaryl/α,β-unsaturated/α-hetero) is 1. The first-order chi connectivity index (χ1) is 20.9. The molecule has 0 saturated carbocycles. The van der Waals surface area contributed by atoms with Crippen molar-refractivity contribution in [3.63, 3.8) is 0 Å². The average Bonchev–Trinajstić information content (AvgIpc) is 3.33. The molecule has 2 heterocycles. The highest BCUT2D eigenvalue weighted by Gasteiger charge is 2.35. The lowest BCUT2D eigenvalue weighted by Gasteiger charge is -2.36. The molecule has 1 aliphatic heterocycles. The number of ketones is 1. The van der Waals surface area contributed by atoms with Gasteiger partial charge in [0.05, 0.1) is 37.7 Å². The molecule has 1 amide bonds. The van der Waals surface area contributed by atoms with Gasteiger partial charge < -0.3 is 19.1 Å². The van der Waals surface area contributed by atoms with E-state index in [0.717, 1.165) is 43.6 Å². The summed E-state index contributed by atoms with van der Waals surface area (Å²) in [4.78, 5) is 31.6. The first kappa shape index (κ1) is 33.8. The van der Waals surface area contributed by atoms with Gasteiger partial charge in [0, 0.05) is 70.5 Å². The van der Waals surface area contributed by atoms with Gasteiger partial charge in [0.15, 0.2) is 5.78 Å². The number of carbonyl (C=O) groups is 2. The first-order valence-corrected chi connectivity index (χ1v) is 15.6. The zero-order chi connectivity index (χ0) is 31.9. The Morgan fingerprint density at radius 2 is 1.73 bits per heavy atom. The van der Waals surface area contributed by atoms with E-state index in [1.165, 1.54) is 16.8 Å². The molecule has 10 nitrogen and oxygen atoms in total. The minimum Gasteiger partial charge on any atom is -0.444 e. The molecule has 2 aromatic rings. The second-order valence-electron chi connectivity index (χ2n) is 13.4. The summed E-state index contributed by atoms with van der Waals surface area (Å²) in [6.45, 7) is 11.4. The fraction of sp³-hybridized carbons (Fsp3) is 0.618. The molecule has 0 saturated heterocycles. The maximum Gasteiger partial charge on any atom is 0.410 e. The molecule has 0 N–H and O–H groups in total. The van der Waals surface area contributed by atoms with E-state index in [1.807, 2.05) is 51.1 Å². The summed E-state index contributed by atoms with van der Waals surface area (Å²) in [7, 11) is 7.34. The summed E-state index contributed by atoms with van der Waals surface area (Å²) >= 11 is 0. The molecule has 0 spiro atoms.